The summed E-state index contributed by atoms with van der Waals surface area (Å²) in [4.78, 5) is 21.6. The molecule has 1 aromatic rings. The van der Waals surface area contributed by atoms with Crippen LogP contribution in [0.5, 0.6) is 0 Å². The van der Waals surface area contributed by atoms with Gasteiger partial charge in [0, 0.05) is 12.7 Å². The van der Waals surface area contributed by atoms with Crippen LogP contribution in [0.4, 0.5) is 5.69 Å². The van der Waals surface area contributed by atoms with E-state index in [0.717, 1.165) is 0 Å². The van der Waals surface area contributed by atoms with Crippen LogP contribution in [0.1, 0.15) is 13.8 Å². The quantitative estimate of drug-likeness (QED) is 0.511. The average Bonchev–Trinajstić information content (AvgIpc) is 2.29. The van der Waals surface area contributed by atoms with Gasteiger partial charge in [-0.2, -0.15) is 12.6 Å². The SMILES string of the molecule is CC(C)C(CS)Cn1cc(Br)c(=O)c([N+](=O)[O-])c1. The summed E-state index contributed by atoms with van der Waals surface area (Å²) in [6.07, 6.45) is 2.86. The molecular formula is C11H15BrN2O3S. The number of nitrogens with zero attached hydrogens (tertiary/aromatic N) is 2. The Morgan fingerprint density at radius 2 is 2.11 bits per heavy atom. The first kappa shape index (κ1) is 15.2. The van der Waals surface area contributed by atoms with Gasteiger partial charge < -0.3 is 4.57 Å². The fourth-order valence-corrected chi connectivity index (χ4v) is 2.57. The van der Waals surface area contributed by atoms with Crippen LogP contribution >= 0.6 is 28.6 Å². The summed E-state index contributed by atoms with van der Waals surface area (Å²) in [6.45, 7) is 4.75. The van der Waals surface area contributed by atoms with E-state index in [1.54, 1.807) is 10.8 Å². The van der Waals surface area contributed by atoms with Gasteiger partial charge in [0.2, 0.25) is 0 Å². The Hall–Kier alpha value is -0.820. The number of hydrogen-bond donors (Lipinski definition) is 1. The Labute approximate surface area is 119 Å². The van der Waals surface area contributed by atoms with Crippen LogP contribution < -0.4 is 5.43 Å². The van der Waals surface area contributed by atoms with Gasteiger partial charge in [-0.05, 0) is 33.5 Å². The second-order valence-electron chi connectivity index (χ2n) is 4.46. The van der Waals surface area contributed by atoms with Crippen LogP contribution in [0.25, 0.3) is 0 Å². The number of halogens is 1. The Bertz CT molecular complexity index is 502. The summed E-state index contributed by atoms with van der Waals surface area (Å²) >= 11 is 7.33. The van der Waals surface area contributed by atoms with Gasteiger partial charge in [0.15, 0.2) is 0 Å². The molecule has 0 aromatic carbocycles. The topological polar surface area (TPSA) is 65.1 Å². The minimum absolute atomic E-state index is 0.207. The molecule has 0 saturated heterocycles. The first-order valence-corrected chi connectivity index (χ1v) is 6.94. The molecule has 0 aliphatic carbocycles. The van der Waals surface area contributed by atoms with Crippen molar-refractivity contribution < 1.29 is 4.92 Å². The number of pyridine rings is 1. The molecule has 100 valence electrons. The van der Waals surface area contributed by atoms with E-state index in [-0.39, 0.29) is 4.47 Å². The molecule has 5 nitrogen and oxygen atoms in total. The Morgan fingerprint density at radius 1 is 1.50 bits per heavy atom. The van der Waals surface area contributed by atoms with Crippen molar-refractivity contribution in [1.29, 1.82) is 0 Å². The fraction of sp³-hybridized carbons (Fsp3) is 0.545. The highest BCUT2D eigenvalue weighted by Gasteiger charge is 2.18. The normalized spacial score (nSPS) is 12.7. The number of aromatic nitrogens is 1. The van der Waals surface area contributed by atoms with Crippen molar-refractivity contribution in [3.8, 4) is 0 Å². The van der Waals surface area contributed by atoms with E-state index in [1.165, 1.54) is 6.20 Å². The lowest BCUT2D eigenvalue weighted by molar-refractivity contribution is -0.386. The van der Waals surface area contributed by atoms with Crippen molar-refractivity contribution >= 4 is 34.2 Å². The van der Waals surface area contributed by atoms with Gasteiger partial charge in [0.1, 0.15) is 0 Å². The van der Waals surface area contributed by atoms with Crippen molar-refractivity contribution in [2.45, 2.75) is 20.4 Å². The molecule has 0 aliphatic rings. The molecule has 1 atom stereocenters. The third kappa shape index (κ3) is 3.58. The second kappa shape index (κ2) is 6.38. The van der Waals surface area contributed by atoms with Crippen LogP contribution in [-0.2, 0) is 6.54 Å². The van der Waals surface area contributed by atoms with Crippen molar-refractivity contribution in [1.82, 2.24) is 4.57 Å². The molecule has 1 rings (SSSR count). The maximum atomic E-state index is 11.5. The molecule has 0 bridgehead atoms. The van der Waals surface area contributed by atoms with E-state index >= 15 is 0 Å². The van der Waals surface area contributed by atoms with Crippen LogP contribution in [0.2, 0.25) is 0 Å². The molecule has 0 saturated carbocycles. The first-order valence-electron chi connectivity index (χ1n) is 5.51. The third-order valence-corrected chi connectivity index (χ3v) is 3.87. The molecular weight excluding hydrogens is 320 g/mol. The van der Waals surface area contributed by atoms with Gasteiger partial charge >= 0.3 is 5.69 Å². The summed E-state index contributed by atoms with van der Waals surface area (Å²) in [5.74, 6) is 1.40. The maximum absolute atomic E-state index is 11.5. The van der Waals surface area contributed by atoms with Crippen LogP contribution in [0.3, 0.4) is 0 Å². The number of nitro groups is 1. The summed E-state index contributed by atoms with van der Waals surface area (Å²) in [5, 5.41) is 10.8. The van der Waals surface area contributed by atoms with Gasteiger partial charge in [-0.3, -0.25) is 14.9 Å². The molecule has 0 N–H and O–H groups in total. The summed E-state index contributed by atoms with van der Waals surface area (Å²) in [7, 11) is 0. The number of rotatable bonds is 5. The lowest BCUT2D eigenvalue weighted by Crippen LogP contribution is -2.20. The van der Waals surface area contributed by atoms with Gasteiger partial charge in [0.25, 0.3) is 5.43 Å². The number of thiol groups is 1. The maximum Gasteiger partial charge on any atom is 0.333 e. The van der Waals surface area contributed by atoms with E-state index < -0.39 is 16.0 Å². The van der Waals surface area contributed by atoms with Gasteiger partial charge in [-0.15, -0.1) is 0 Å². The van der Waals surface area contributed by atoms with E-state index in [9.17, 15) is 14.9 Å². The van der Waals surface area contributed by atoms with Crippen molar-refractivity contribution in [3.63, 3.8) is 0 Å². The van der Waals surface area contributed by atoms with Gasteiger partial charge in [-0.1, -0.05) is 13.8 Å². The average molecular weight is 335 g/mol. The number of hydrogen-bond acceptors (Lipinski definition) is 4. The monoisotopic (exact) mass is 334 g/mol. The molecule has 0 fully saturated rings. The van der Waals surface area contributed by atoms with Crippen molar-refractivity contribution in [3.05, 3.63) is 37.2 Å². The smallest absolute Gasteiger partial charge is 0.333 e. The van der Waals surface area contributed by atoms with Crippen LogP contribution in [-0.4, -0.2) is 15.2 Å². The molecule has 0 aliphatic heterocycles. The highest BCUT2D eigenvalue weighted by atomic mass is 79.9. The lowest BCUT2D eigenvalue weighted by Gasteiger charge is -2.20. The molecule has 0 radical (unpaired) electrons. The van der Waals surface area contributed by atoms with E-state index in [0.29, 0.717) is 24.1 Å². The largest absolute Gasteiger partial charge is 0.347 e. The van der Waals surface area contributed by atoms with Crippen molar-refractivity contribution in [2.75, 3.05) is 5.75 Å². The van der Waals surface area contributed by atoms with Gasteiger partial charge in [-0.25, -0.2) is 0 Å². The fourth-order valence-electron chi connectivity index (χ4n) is 1.57. The predicted octanol–water partition coefficient (Wildman–Crippen LogP) is 2.72. The van der Waals surface area contributed by atoms with E-state index in [2.05, 4.69) is 42.4 Å². The van der Waals surface area contributed by atoms with Crippen LogP contribution in [0, 0.1) is 22.0 Å². The van der Waals surface area contributed by atoms with Crippen molar-refractivity contribution in [2.24, 2.45) is 11.8 Å². The van der Waals surface area contributed by atoms with Crippen LogP contribution in [0.15, 0.2) is 21.7 Å². The summed E-state index contributed by atoms with van der Waals surface area (Å²) in [6, 6.07) is 0. The zero-order valence-electron chi connectivity index (χ0n) is 10.2. The third-order valence-electron chi connectivity index (χ3n) is 2.84. The molecule has 1 unspecified atom stereocenters. The zero-order valence-corrected chi connectivity index (χ0v) is 12.6. The molecule has 0 amide bonds. The molecule has 7 heteroatoms. The standard InChI is InChI=1S/C11H15BrN2O3S/c1-7(2)8(6-18)3-13-4-9(12)11(15)10(5-13)14(16)17/h4-5,7-8,18H,3,6H2,1-2H3. The minimum Gasteiger partial charge on any atom is -0.347 e. The first-order chi connectivity index (χ1) is 8.36. The molecule has 18 heavy (non-hydrogen) atoms. The second-order valence-corrected chi connectivity index (χ2v) is 5.68. The highest BCUT2D eigenvalue weighted by Crippen LogP contribution is 2.17. The molecule has 1 heterocycles. The van der Waals surface area contributed by atoms with E-state index in [4.69, 9.17) is 0 Å². The summed E-state index contributed by atoms with van der Waals surface area (Å²) < 4.78 is 1.88. The Kier molecular flexibility index (Phi) is 5.40. The minimum atomic E-state index is -0.658. The lowest BCUT2D eigenvalue weighted by atomic mass is 9.98. The Balaban J connectivity index is 3.11. The Morgan fingerprint density at radius 3 is 2.56 bits per heavy atom. The van der Waals surface area contributed by atoms with Gasteiger partial charge in [0.05, 0.1) is 15.6 Å². The molecule has 0 spiro atoms. The van der Waals surface area contributed by atoms with E-state index in [1.807, 2.05) is 0 Å². The summed E-state index contributed by atoms with van der Waals surface area (Å²) in [5.41, 5.74) is -1.01. The molecule has 1 aromatic heterocycles. The zero-order chi connectivity index (χ0) is 13.9. The predicted molar refractivity (Wildman–Crippen MR) is 77.2 cm³/mol. The highest BCUT2D eigenvalue weighted by molar-refractivity contribution is 9.10.